The van der Waals surface area contributed by atoms with Crippen LogP contribution in [-0.2, 0) is 4.74 Å². The molecule has 136 valence electrons. The number of hydrogen-bond acceptors (Lipinski definition) is 5. The predicted octanol–water partition coefficient (Wildman–Crippen LogP) is 1.70. The van der Waals surface area contributed by atoms with E-state index in [-0.39, 0.29) is 0 Å². The molecule has 1 aromatic carbocycles. The Balaban J connectivity index is 1.54. The van der Waals surface area contributed by atoms with Gasteiger partial charge in [0, 0.05) is 32.7 Å². The van der Waals surface area contributed by atoms with Gasteiger partial charge in [-0.2, -0.15) is 0 Å². The highest BCUT2D eigenvalue weighted by molar-refractivity contribution is 5.33. The number of nitrogens with zero attached hydrogens (tertiary/aromatic N) is 2. The maximum absolute atomic E-state index is 10.1. The molecule has 1 heterocycles. The van der Waals surface area contributed by atoms with E-state index in [4.69, 9.17) is 9.47 Å². The number of aliphatic hydroxyl groups excluding tert-OH is 1. The largest absolute Gasteiger partial charge is 0.491 e. The lowest BCUT2D eigenvalue weighted by Crippen LogP contribution is -2.48. The van der Waals surface area contributed by atoms with Gasteiger partial charge in [0.25, 0.3) is 0 Å². The molecule has 5 heteroatoms. The molecular formula is C19H32N2O3. The number of β-amino-alcohol motifs (C(OH)–C–C–N with tert-alkyl or cyclic N) is 1. The maximum atomic E-state index is 10.1. The van der Waals surface area contributed by atoms with E-state index in [0.717, 1.165) is 38.5 Å². The summed E-state index contributed by atoms with van der Waals surface area (Å²) in [6.45, 7) is 13.8. The number of benzene rings is 1. The Bertz CT molecular complexity index is 488. The van der Waals surface area contributed by atoms with E-state index in [9.17, 15) is 5.11 Å². The minimum atomic E-state index is -0.431. The van der Waals surface area contributed by atoms with Crippen LogP contribution in [0.5, 0.6) is 5.75 Å². The van der Waals surface area contributed by atoms with Crippen molar-refractivity contribution in [1.82, 2.24) is 9.80 Å². The molecule has 0 radical (unpaired) electrons. The minimum absolute atomic E-state index is 0.365. The Hall–Kier alpha value is -1.14. The number of hydrogen-bond donors (Lipinski definition) is 1. The summed E-state index contributed by atoms with van der Waals surface area (Å²) in [4.78, 5) is 4.75. The number of aliphatic hydroxyl groups is 1. The van der Waals surface area contributed by atoms with Crippen LogP contribution in [0.15, 0.2) is 18.2 Å². The van der Waals surface area contributed by atoms with Crippen LogP contribution in [0.4, 0.5) is 0 Å². The summed E-state index contributed by atoms with van der Waals surface area (Å²) in [7, 11) is 0. The van der Waals surface area contributed by atoms with Crippen LogP contribution < -0.4 is 4.74 Å². The molecule has 1 unspecified atom stereocenters. The molecule has 1 aliphatic heterocycles. The molecule has 0 saturated carbocycles. The van der Waals surface area contributed by atoms with Crippen LogP contribution in [0, 0.1) is 13.8 Å². The van der Waals surface area contributed by atoms with E-state index in [0.29, 0.717) is 26.4 Å². The first kappa shape index (κ1) is 19.2. The zero-order valence-corrected chi connectivity index (χ0v) is 15.3. The second-order valence-corrected chi connectivity index (χ2v) is 6.56. The van der Waals surface area contributed by atoms with Crippen molar-refractivity contribution >= 4 is 0 Å². The van der Waals surface area contributed by atoms with Crippen molar-refractivity contribution in [3.05, 3.63) is 29.3 Å². The van der Waals surface area contributed by atoms with Gasteiger partial charge in [-0.25, -0.2) is 0 Å². The number of aryl methyl sites for hydroxylation is 2. The van der Waals surface area contributed by atoms with Crippen molar-refractivity contribution in [2.24, 2.45) is 0 Å². The van der Waals surface area contributed by atoms with Gasteiger partial charge in [-0.15, -0.1) is 0 Å². The van der Waals surface area contributed by atoms with Gasteiger partial charge in [0.15, 0.2) is 0 Å². The highest BCUT2D eigenvalue weighted by atomic mass is 16.5. The van der Waals surface area contributed by atoms with Crippen LogP contribution in [0.3, 0.4) is 0 Å². The second-order valence-electron chi connectivity index (χ2n) is 6.56. The van der Waals surface area contributed by atoms with E-state index in [1.807, 2.05) is 12.1 Å². The fourth-order valence-electron chi connectivity index (χ4n) is 2.88. The van der Waals surface area contributed by atoms with Crippen LogP contribution in [0.25, 0.3) is 0 Å². The molecule has 0 bridgehead atoms. The third-order valence-corrected chi connectivity index (χ3v) is 4.67. The lowest BCUT2D eigenvalue weighted by molar-refractivity contribution is 0.000388. The third kappa shape index (κ3) is 6.40. The summed E-state index contributed by atoms with van der Waals surface area (Å²) in [5.74, 6) is 0.871. The van der Waals surface area contributed by atoms with Crippen molar-refractivity contribution < 1.29 is 14.6 Å². The first-order chi connectivity index (χ1) is 11.6. The van der Waals surface area contributed by atoms with Gasteiger partial charge in [0.2, 0.25) is 0 Å². The Labute approximate surface area is 146 Å². The molecule has 0 aromatic heterocycles. The average molecular weight is 336 g/mol. The molecule has 1 fully saturated rings. The molecule has 24 heavy (non-hydrogen) atoms. The lowest BCUT2D eigenvalue weighted by Gasteiger charge is -2.34. The van der Waals surface area contributed by atoms with E-state index in [1.165, 1.54) is 11.1 Å². The van der Waals surface area contributed by atoms with E-state index < -0.39 is 6.10 Å². The number of ether oxygens (including phenoxy) is 2. The van der Waals surface area contributed by atoms with Crippen LogP contribution in [0.1, 0.15) is 18.1 Å². The van der Waals surface area contributed by atoms with Crippen molar-refractivity contribution in [1.29, 1.82) is 0 Å². The number of likely N-dealkylation sites (N-methyl/N-ethyl adjacent to an activating group) is 1. The first-order valence-electron chi connectivity index (χ1n) is 8.99. The molecule has 2 rings (SSSR count). The van der Waals surface area contributed by atoms with Crippen molar-refractivity contribution in [2.45, 2.75) is 26.9 Å². The summed E-state index contributed by atoms with van der Waals surface area (Å²) in [5, 5.41) is 10.1. The van der Waals surface area contributed by atoms with Gasteiger partial charge in [-0.1, -0.05) is 13.0 Å². The summed E-state index contributed by atoms with van der Waals surface area (Å²) >= 11 is 0. The molecule has 5 nitrogen and oxygen atoms in total. The van der Waals surface area contributed by atoms with E-state index in [2.05, 4.69) is 36.6 Å². The fraction of sp³-hybridized carbons (Fsp3) is 0.684. The predicted molar refractivity (Wildman–Crippen MR) is 96.8 cm³/mol. The quantitative estimate of drug-likeness (QED) is 0.696. The topological polar surface area (TPSA) is 45.2 Å². The number of rotatable bonds is 9. The first-order valence-corrected chi connectivity index (χ1v) is 8.99. The van der Waals surface area contributed by atoms with E-state index >= 15 is 0 Å². The zero-order chi connectivity index (χ0) is 17.4. The van der Waals surface area contributed by atoms with Crippen molar-refractivity contribution in [3.8, 4) is 5.75 Å². The Morgan fingerprint density at radius 1 is 1.04 bits per heavy atom. The van der Waals surface area contributed by atoms with Gasteiger partial charge in [0.1, 0.15) is 12.4 Å². The molecule has 1 atom stereocenters. The molecule has 1 N–H and O–H groups in total. The molecule has 0 aliphatic carbocycles. The standard InChI is InChI=1S/C19H32N2O3/c1-4-20-7-9-21(10-8-20)14-18(22)15-23-11-12-24-19-6-5-16(2)17(3)13-19/h5-6,13,18,22H,4,7-12,14-15H2,1-3H3. The molecule has 1 saturated heterocycles. The summed E-state index contributed by atoms with van der Waals surface area (Å²) in [5.41, 5.74) is 2.49. The molecule has 0 amide bonds. The summed E-state index contributed by atoms with van der Waals surface area (Å²) < 4.78 is 11.2. The van der Waals surface area contributed by atoms with Gasteiger partial charge >= 0.3 is 0 Å². The van der Waals surface area contributed by atoms with Gasteiger partial charge in [0.05, 0.1) is 19.3 Å². The van der Waals surface area contributed by atoms with Gasteiger partial charge < -0.3 is 19.5 Å². The minimum Gasteiger partial charge on any atom is -0.491 e. The SMILES string of the molecule is CCN1CCN(CC(O)COCCOc2ccc(C)c(C)c2)CC1. The van der Waals surface area contributed by atoms with Gasteiger partial charge in [-0.3, -0.25) is 4.90 Å². The van der Waals surface area contributed by atoms with Gasteiger partial charge in [-0.05, 0) is 43.7 Å². The highest BCUT2D eigenvalue weighted by Gasteiger charge is 2.18. The summed E-state index contributed by atoms with van der Waals surface area (Å²) in [6, 6.07) is 6.08. The normalized spacial score (nSPS) is 17.8. The van der Waals surface area contributed by atoms with Crippen LogP contribution >= 0.6 is 0 Å². The summed E-state index contributed by atoms with van der Waals surface area (Å²) in [6.07, 6.45) is -0.431. The van der Waals surface area contributed by atoms with Crippen molar-refractivity contribution in [2.75, 3.05) is 59.1 Å². The number of piperazine rings is 1. The van der Waals surface area contributed by atoms with E-state index in [1.54, 1.807) is 0 Å². The Morgan fingerprint density at radius 2 is 1.75 bits per heavy atom. The molecule has 1 aliphatic rings. The molecule has 0 spiro atoms. The lowest BCUT2D eigenvalue weighted by atomic mass is 10.1. The molecule has 1 aromatic rings. The monoisotopic (exact) mass is 336 g/mol. The van der Waals surface area contributed by atoms with Crippen LogP contribution in [0.2, 0.25) is 0 Å². The van der Waals surface area contributed by atoms with Crippen molar-refractivity contribution in [3.63, 3.8) is 0 Å². The maximum Gasteiger partial charge on any atom is 0.119 e. The molecular weight excluding hydrogens is 304 g/mol. The Morgan fingerprint density at radius 3 is 2.42 bits per heavy atom. The average Bonchev–Trinajstić information content (AvgIpc) is 2.58. The smallest absolute Gasteiger partial charge is 0.119 e. The zero-order valence-electron chi connectivity index (χ0n) is 15.3. The third-order valence-electron chi connectivity index (χ3n) is 4.67. The highest BCUT2D eigenvalue weighted by Crippen LogP contribution is 2.16. The second kappa shape index (κ2) is 9.99. The van der Waals surface area contributed by atoms with Crippen LogP contribution in [-0.4, -0.2) is 80.1 Å². The fourth-order valence-corrected chi connectivity index (χ4v) is 2.88. The Kier molecular flexibility index (Phi) is 7.99.